The molecule has 0 heterocycles. The van der Waals surface area contributed by atoms with Gasteiger partial charge in [0, 0.05) is 0 Å². The van der Waals surface area contributed by atoms with Crippen molar-refractivity contribution in [3.63, 3.8) is 0 Å². The van der Waals surface area contributed by atoms with Crippen LogP contribution in [0.3, 0.4) is 0 Å². The van der Waals surface area contributed by atoms with E-state index in [-0.39, 0.29) is 0 Å². The fourth-order valence-electron chi connectivity index (χ4n) is 0.822. The smallest absolute Gasteiger partial charge is 0.408 e. The van der Waals surface area contributed by atoms with Gasteiger partial charge in [0.05, 0.1) is 0 Å². The number of aliphatic carboxylic acids is 1. The van der Waals surface area contributed by atoms with Crippen LogP contribution in [0, 0.1) is 0 Å². The third kappa shape index (κ3) is 7.60. The van der Waals surface area contributed by atoms with Crippen LogP contribution < -0.4 is 5.32 Å². The standard InChI is InChI=1S/C10H19NO4.C2H6/c1-6-10(5,7(12)13)11-8(14)15-9(2,3)4;1-2/h6H2,1-5H3,(H,11,14)(H,12,13);1-2H3. The molecule has 0 radical (unpaired) electrons. The molecule has 0 rings (SSSR count). The molecular weight excluding hydrogens is 222 g/mol. The minimum atomic E-state index is -1.28. The summed E-state index contributed by atoms with van der Waals surface area (Å²) in [5.74, 6) is -1.07. The van der Waals surface area contributed by atoms with E-state index in [2.05, 4.69) is 5.32 Å². The van der Waals surface area contributed by atoms with Gasteiger partial charge in [-0.1, -0.05) is 20.8 Å². The van der Waals surface area contributed by atoms with E-state index >= 15 is 0 Å². The molecule has 2 N–H and O–H groups in total. The Morgan fingerprint density at radius 1 is 1.18 bits per heavy atom. The van der Waals surface area contributed by atoms with Crippen LogP contribution in [0.25, 0.3) is 0 Å². The van der Waals surface area contributed by atoms with Crippen molar-refractivity contribution in [3.8, 4) is 0 Å². The number of hydrogen-bond donors (Lipinski definition) is 2. The SMILES string of the molecule is CC.CCC(C)(NC(=O)OC(C)(C)C)C(=O)O. The van der Waals surface area contributed by atoms with E-state index in [0.717, 1.165) is 0 Å². The van der Waals surface area contributed by atoms with Crippen molar-refractivity contribution in [1.82, 2.24) is 5.32 Å². The molecule has 17 heavy (non-hydrogen) atoms. The molecule has 0 aromatic rings. The molecule has 1 unspecified atom stereocenters. The Kier molecular flexibility index (Phi) is 7.61. The van der Waals surface area contributed by atoms with Gasteiger partial charge in [-0.2, -0.15) is 0 Å². The van der Waals surface area contributed by atoms with E-state index < -0.39 is 23.2 Å². The Hall–Kier alpha value is -1.26. The van der Waals surface area contributed by atoms with Crippen LogP contribution in [0.15, 0.2) is 0 Å². The van der Waals surface area contributed by atoms with Crippen molar-refractivity contribution in [2.75, 3.05) is 0 Å². The normalized spacial score (nSPS) is 13.8. The molecule has 0 aliphatic carbocycles. The summed E-state index contributed by atoms with van der Waals surface area (Å²) in [4.78, 5) is 22.2. The van der Waals surface area contributed by atoms with Gasteiger partial charge in [0.15, 0.2) is 0 Å². The molecular formula is C12H25NO4. The van der Waals surface area contributed by atoms with Gasteiger partial charge >= 0.3 is 12.1 Å². The third-order valence-electron chi connectivity index (χ3n) is 1.96. The van der Waals surface area contributed by atoms with Gasteiger partial charge in [-0.05, 0) is 34.1 Å². The topological polar surface area (TPSA) is 75.6 Å². The summed E-state index contributed by atoms with van der Waals surface area (Å²) in [6.45, 7) is 12.3. The lowest BCUT2D eigenvalue weighted by molar-refractivity contribution is -0.144. The van der Waals surface area contributed by atoms with Gasteiger partial charge < -0.3 is 15.2 Å². The molecule has 5 heteroatoms. The summed E-state index contributed by atoms with van der Waals surface area (Å²) < 4.78 is 4.97. The second-order valence-corrected chi connectivity index (χ2v) is 4.62. The number of carbonyl (C=O) groups is 2. The van der Waals surface area contributed by atoms with E-state index in [1.165, 1.54) is 6.92 Å². The zero-order valence-electron chi connectivity index (χ0n) is 11.9. The minimum Gasteiger partial charge on any atom is -0.480 e. The predicted octanol–water partition coefficient (Wildman–Crippen LogP) is 2.79. The highest BCUT2D eigenvalue weighted by molar-refractivity contribution is 5.83. The number of carboxylic acids is 1. The third-order valence-corrected chi connectivity index (χ3v) is 1.96. The summed E-state index contributed by atoms with van der Waals surface area (Å²) in [6.07, 6.45) is -0.420. The lowest BCUT2D eigenvalue weighted by atomic mass is 10.00. The van der Waals surface area contributed by atoms with Crippen molar-refractivity contribution >= 4 is 12.1 Å². The van der Waals surface area contributed by atoms with Crippen LogP contribution in [0.5, 0.6) is 0 Å². The van der Waals surface area contributed by atoms with Crippen LogP contribution >= 0.6 is 0 Å². The maximum atomic E-state index is 11.3. The van der Waals surface area contributed by atoms with Gasteiger partial charge in [-0.25, -0.2) is 9.59 Å². The van der Waals surface area contributed by atoms with Gasteiger partial charge in [-0.3, -0.25) is 0 Å². The van der Waals surface area contributed by atoms with E-state index in [1.54, 1.807) is 27.7 Å². The number of rotatable bonds is 3. The summed E-state index contributed by atoms with van der Waals surface area (Å²) in [7, 11) is 0. The average molecular weight is 247 g/mol. The largest absolute Gasteiger partial charge is 0.480 e. The van der Waals surface area contributed by atoms with Crippen molar-refractivity contribution in [1.29, 1.82) is 0 Å². The van der Waals surface area contributed by atoms with Crippen LogP contribution in [-0.4, -0.2) is 28.3 Å². The minimum absolute atomic E-state index is 0.293. The lowest BCUT2D eigenvalue weighted by Crippen LogP contribution is -2.52. The number of amides is 1. The molecule has 0 aliphatic rings. The highest BCUT2D eigenvalue weighted by Crippen LogP contribution is 2.12. The first-order chi connectivity index (χ1) is 7.60. The van der Waals surface area contributed by atoms with E-state index in [1.807, 2.05) is 13.8 Å². The van der Waals surface area contributed by atoms with Gasteiger partial charge in [0.1, 0.15) is 11.1 Å². The Labute approximate surface area is 104 Å². The molecule has 0 spiro atoms. The fraction of sp³-hybridized carbons (Fsp3) is 0.833. The zero-order chi connectivity index (χ0) is 14.3. The molecule has 0 bridgehead atoms. The van der Waals surface area contributed by atoms with Crippen LogP contribution in [0.1, 0.15) is 54.9 Å². The summed E-state index contributed by atoms with van der Waals surface area (Å²) in [5.41, 5.74) is -1.90. The van der Waals surface area contributed by atoms with Crippen molar-refractivity contribution < 1.29 is 19.4 Å². The Morgan fingerprint density at radius 3 is 1.82 bits per heavy atom. The molecule has 5 nitrogen and oxygen atoms in total. The molecule has 0 saturated carbocycles. The molecule has 102 valence electrons. The first kappa shape index (κ1) is 18.1. The van der Waals surface area contributed by atoms with E-state index in [9.17, 15) is 9.59 Å². The highest BCUT2D eigenvalue weighted by atomic mass is 16.6. The first-order valence-electron chi connectivity index (χ1n) is 5.85. The fourth-order valence-corrected chi connectivity index (χ4v) is 0.822. The van der Waals surface area contributed by atoms with Gasteiger partial charge in [0.2, 0.25) is 0 Å². The Morgan fingerprint density at radius 2 is 1.59 bits per heavy atom. The Balaban J connectivity index is 0. The number of alkyl carbamates (subject to hydrolysis) is 1. The number of carboxylic acid groups (broad SMARTS) is 1. The second-order valence-electron chi connectivity index (χ2n) is 4.62. The predicted molar refractivity (Wildman–Crippen MR) is 67.0 cm³/mol. The molecule has 0 aromatic carbocycles. The van der Waals surface area contributed by atoms with Crippen LogP contribution in [0.2, 0.25) is 0 Å². The summed E-state index contributed by atoms with van der Waals surface area (Å²) >= 11 is 0. The maximum Gasteiger partial charge on any atom is 0.408 e. The van der Waals surface area contributed by atoms with Gasteiger partial charge in [-0.15, -0.1) is 0 Å². The zero-order valence-corrected chi connectivity index (χ0v) is 11.9. The average Bonchev–Trinajstić information content (AvgIpc) is 2.17. The number of carbonyl (C=O) groups excluding carboxylic acids is 1. The molecule has 0 aromatic heterocycles. The number of hydrogen-bond acceptors (Lipinski definition) is 3. The van der Waals surface area contributed by atoms with Crippen molar-refractivity contribution in [2.45, 2.75) is 66.0 Å². The molecule has 0 fully saturated rings. The Bertz CT molecular complexity index is 258. The molecule has 0 saturated heterocycles. The van der Waals surface area contributed by atoms with Crippen LogP contribution in [0.4, 0.5) is 4.79 Å². The monoisotopic (exact) mass is 247 g/mol. The lowest BCUT2D eigenvalue weighted by Gasteiger charge is -2.27. The van der Waals surface area contributed by atoms with E-state index in [4.69, 9.17) is 9.84 Å². The van der Waals surface area contributed by atoms with E-state index in [0.29, 0.717) is 6.42 Å². The number of ether oxygens (including phenoxy) is 1. The molecule has 1 atom stereocenters. The van der Waals surface area contributed by atoms with Crippen molar-refractivity contribution in [2.24, 2.45) is 0 Å². The maximum absolute atomic E-state index is 11.3. The quantitative estimate of drug-likeness (QED) is 0.804. The second kappa shape index (κ2) is 7.14. The van der Waals surface area contributed by atoms with Crippen LogP contribution in [-0.2, 0) is 9.53 Å². The molecule has 0 aliphatic heterocycles. The summed E-state index contributed by atoms with van der Waals surface area (Å²) in [5, 5.41) is 11.2. The number of nitrogens with one attached hydrogen (secondary N) is 1. The van der Waals surface area contributed by atoms with Crippen molar-refractivity contribution in [3.05, 3.63) is 0 Å². The first-order valence-corrected chi connectivity index (χ1v) is 5.85. The highest BCUT2D eigenvalue weighted by Gasteiger charge is 2.34. The molecule has 1 amide bonds. The summed E-state index contributed by atoms with van der Waals surface area (Å²) in [6, 6.07) is 0. The van der Waals surface area contributed by atoms with Gasteiger partial charge in [0.25, 0.3) is 0 Å².